The van der Waals surface area contributed by atoms with Crippen molar-refractivity contribution in [2.75, 3.05) is 30.3 Å². The topological polar surface area (TPSA) is 95.4 Å². The van der Waals surface area contributed by atoms with Gasteiger partial charge in [-0.25, -0.2) is 4.79 Å². The number of ether oxygens (including phenoxy) is 2. The Morgan fingerprint density at radius 1 is 1.28 bits per heavy atom. The maximum Gasteiger partial charge on any atom is 0.387 e. The molecule has 2 amide bonds. The first kappa shape index (κ1) is 20.6. The average Bonchev–Trinajstić information content (AvgIpc) is 2.71. The molecule has 1 saturated heterocycles. The summed E-state index contributed by atoms with van der Waals surface area (Å²) >= 11 is 0. The van der Waals surface area contributed by atoms with E-state index in [1.165, 1.54) is 18.2 Å². The second kappa shape index (κ2) is 9.36. The number of benzene rings is 2. The molecule has 0 radical (unpaired) electrons. The smallest absolute Gasteiger partial charge is 0.387 e. The van der Waals surface area contributed by atoms with Crippen molar-refractivity contribution in [1.82, 2.24) is 5.32 Å². The van der Waals surface area contributed by atoms with E-state index in [1.807, 2.05) is 26.0 Å². The summed E-state index contributed by atoms with van der Waals surface area (Å²) in [6, 6.07) is 10.6. The molecule has 0 saturated carbocycles. The van der Waals surface area contributed by atoms with Gasteiger partial charge in [0.1, 0.15) is 13.6 Å². The second-order valence-corrected chi connectivity index (χ2v) is 6.42. The molecular formula is C19H19BF2N4O3. The number of urea groups is 1. The lowest BCUT2D eigenvalue weighted by Gasteiger charge is -2.24. The van der Waals surface area contributed by atoms with Crippen molar-refractivity contribution in [2.45, 2.75) is 12.7 Å². The summed E-state index contributed by atoms with van der Waals surface area (Å²) in [4.78, 5) is 12.4. The fourth-order valence-electron chi connectivity index (χ4n) is 2.98. The number of alkyl halides is 2. The van der Waals surface area contributed by atoms with Gasteiger partial charge in [-0.2, -0.15) is 14.0 Å². The molecule has 0 aliphatic carbocycles. The number of morpholine rings is 1. The molecule has 0 aromatic heterocycles. The number of carbonyl (C=O) groups excluding carboxylic acids is 1. The quantitative estimate of drug-likeness (QED) is 0.665. The van der Waals surface area contributed by atoms with E-state index in [-0.39, 0.29) is 23.1 Å². The minimum absolute atomic E-state index is 0.0298. The zero-order valence-corrected chi connectivity index (χ0v) is 15.7. The predicted molar refractivity (Wildman–Crippen MR) is 107 cm³/mol. The summed E-state index contributed by atoms with van der Waals surface area (Å²) in [7, 11) is 1.84. The van der Waals surface area contributed by atoms with Crippen LogP contribution >= 0.6 is 0 Å². The first-order valence-corrected chi connectivity index (χ1v) is 8.96. The number of halogens is 2. The number of amides is 2. The Morgan fingerprint density at radius 3 is 2.72 bits per heavy atom. The van der Waals surface area contributed by atoms with Crippen LogP contribution in [0, 0.1) is 11.3 Å². The number of rotatable bonds is 5. The van der Waals surface area contributed by atoms with E-state index < -0.39 is 12.6 Å². The molecule has 1 fully saturated rings. The van der Waals surface area contributed by atoms with Gasteiger partial charge in [0, 0.05) is 18.8 Å². The lowest BCUT2D eigenvalue weighted by molar-refractivity contribution is -0.0493. The van der Waals surface area contributed by atoms with Gasteiger partial charge in [0.15, 0.2) is 0 Å². The molecule has 1 aliphatic rings. The van der Waals surface area contributed by atoms with Crippen molar-refractivity contribution in [2.24, 2.45) is 0 Å². The molecule has 1 aliphatic heterocycles. The van der Waals surface area contributed by atoms with Gasteiger partial charge in [-0.1, -0.05) is 17.6 Å². The summed E-state index contributed by atoms with van der Waals surface area (Å²) in [6.45, 7) is -0.886. The Labute approximate surface area is 167 Å². The monoisotopic (exact) mass is 400 g/mol. The Bertz CT molecular complexity index is 930. The van der Waals surface area contributed by atoms with Gasteiger partial charge in [-0.15, -0.1) is 0 Å². The Balaban J connectivity index is 1.71. The van der Waals surface area contributed by atoms with Crippen LogP contribution in [0.1, 0.15) is 17.2 Å². The molecule has 0 spiro atoms. The second-order valence-electron chi connectivity index (χ2n) is 6.42. The molecule has 3 rings (SSSR count). The van der Waals surface area contributed by atoms with E-state index in [1.54, 1.807) is 6.07 Å². The van der Waals surface area contributed by atoms with Crippen LogP contribution in [0.5, 0.6) is 5.75 Å². The van der Waals surface area contributed by atoms with Crippen LogP contribution in [0.4, 0.5) is 25.0 Å². The molecule has 7 nitrogen and oxygen atoms in total. The van der Waals surface area contributed by atoms with Crippen molar-refractivity contribution in [1.29, 1.82) is 5.26 Å². The molecule has 3 N–H and O–H groups in total. The normalized spacial score (nSPS) is 16.1. The Hall–Kier alpha value is -3.16. The molecule has 2 aromatic carbocycles. The van der Waals surface area contributed by atoms with Gasteiger partial charge in [0.2, 0.25) is 0 Å². The lowest BCUT2D eigenvalue weighted by atomic mass is 9.90. The molecule has 1 heterocycles. The number of nitrogens with one attached hydrogen (secondary N) is 3. The number of anilines is 2. The van der Waals surface area contributed by atoms with Gasteiger partial charge in [-0.05, 0) is 29.8 Å². The zero-order chi connectivity index (χ0) is 20.8. The molecule has 10 heteroatoms. The third kappa shape index (κ3) is 5.43. The Kier molecular flexibility index (Phi) is 6.64. The van der Waals surface area contributed by atoms with Gasteiger partial charge in [0.05, 0.1) is 30.0 Å². The van der Waals surface area contributed by atoms with Crippen LogP contribution in [0.15, 0.2) is 36.4 Å². The standard InChI is InChI=1S/C19H19BF2N4O3/c20-13-8-12(17-10-24-5-6-28-17)2-3-14(13)25-19(27)26-15-7-11(9-23)1-4-16(15)29-18(21)22/h1-4,7-8,17-18,24H,5-6,10,20H2,(H2,25,26,27)/t17-/m1/s1. The highest BCUT2D eigenvalue weighted by Crippen LogP contribution is 2.27. The minimum atomic E-state index is -3.06. The maximum absolute atomic E-state index is 12.6. The van der Waals surface area contributed by atoms with Crippen LogP contribution in [-0.4, -0.2) is 40.2 Å². The predicted octanol–water partition coefficient (Wildman–Crippen LogP) is 1.72. The van der Waals surface area contributed by atoms with Crippen LogP contribution in [-0.2, 0) is 4.74 Å². The van der Waals surface area contributed by atoms with E-state index >= 15 is 0 Å². The van der Waals surface area contributed by atoms with Gasteiger partial charge in [-0.3, -0.25) is 0 Å². The van der Waals surface area contributed by atoms with Crippen LogP contribution in [0.2, 0.25) is 0 Å². The summed E-state index contributed by atoms with van der Waals surface area (Å²) in [5, 5.41) is 17.4. The van der Waals surface area contributed by atoms with Gasteiger partial charge >= 0.3 is 12.6 Å². The molecule has 2 aromatic rings. The van der Waals surface area contributed by atoms with Crippen molar-refractivity contribution >= 4 is 30.7 Å². The van der Waals surface area contributed by atoms with E-state index in [2.05, 4.69) is 20.7 Å². The van der Waals surface area contributed by atoms with Gasteiger partial charge < -0.3 is 25.4 Å². The first-order chi connectivity index (χ1) is 14.0. The molecule has 0 unspecified atom stereocenters. The zero-order valence-electron chi connectivity index (χ0n) is 15.7. The first-order valence-electron chi connectivity index (χ1n) is 8.96. The Morgan fingerprint density at radius 2 is 2.07 bits per heavy atom. The van der Waals surface area contributed by atoms with Crippen LogP contribution < -0.4 is 26.2 Å². The number of nitriles is 1. The number of hydrogen-bond acceptors (Lipinski definition) is 5. The number of carbonyl (C=O) groups is 1. The van der Waals surface area contributed by atoms with Crippen molar-refractivity contribution < 1.29 is 23.0 Å². The largest absolute Gasteiger partial charge is 0.433 e. The fourth-order valence-corrected chi connectivity index (χ4v) is 2.98. The van der Waals surface area contributed by atoms with E-state index in [0.717, 1.165) is 24.1 Å². The van der Waals surface area contributed by atoms with Crippen molar-refractivity contribution in [3.05, 3.63) is 47.5 Å². The average molecular weight is 400 g/mol. The SMILES string of the molecule is Bc1cc([C@H]2CNCCO2)ccc1NC(=O)Nc1cc(C#N)ccc1OC(F)F. The van der Waals surface area contributed by atoms with E-state index in [0.29, 0.717) is 12.3 Å². The van der Waals surface area contributed by atoms with Crippen molar-refractivity contribution in [3.8, 4) is 11.8 Å². The highest BCUT2D eigenvalue weighted by molar-refractivity contribution is 6.36. The van der Waals surface area contributed by atoms with E-state index in [4.69, 9.17) is 10.00 Å². The third-order valence-electron chi connectivity index (χ3n) is 4.37. The molecule has 0 bridgehead atoms. The summed E-state index contributed by atoms with van der Waals surface area (Å²) in [5.74, 6) is -0.233. The molecule has 29 heavy (non-hydrogen) atoms. The lowest BCUT2D eigenvalue weighted by Crippen LogP contribution is -2.33. The molecule has 150 valence electrons. The molecule has 1 atom stereocenters. The summed E-state index contributed by atoms with van der Waals surface area (Å²) in [6.07, 6.45) is -0.0481. The maximum atomic E-state index is 12.6. The van der Waals surface area contributed by atoms with Gasteiger partial charge in [0.25, 0.3) is 0 Å². The summed E-state index contributed by atoms with van der Waals surface area (Å²) < 4.78 is 35.3. The minimum Gasteiger partial charge on any atom is -0.433 e. The third-order valence-corrected chi connectivity index (χ3v) is 4.37. The van der Waals surface area contributed by atoms with E-state index in [9.17, 15) is 13.6 Å². The van der Waals surface area contributed by atoms with Crippen LogP contribution in [0.25, 0.3) is 0 Å². The highest BCUT2D eigenvalue weighted by atomic mass is 19.3. The summed E-state index contributed by atoms with van der Waals surface area (Å²) in [5.41, 5.74) is 2.54. The van der Waals surface area contributed by atoms with Crippen LogP contribution in [0.3, 0.4) is 0 Å². The molecular weight excluding hydrogens is 381 g/mol. The number of nitrogens with zero attached hydrogens (tertiary/aromatic N) is 1. The highest BCUT2D eigenvalue weighted by Gasteiger charge is 2.17. The number of hydrogen-bond donors (Lipinski definition) is 3. The fraction of sp³-hybridized carbons (Fsp3) is 0.263. The van der Waals surface area contributed by atoms with Crippen molar-refractivity contribution in [3.63, 3.8) is 0 Å².